The highest BCUT2D eigenvalue weighted by molar-refractivity contribution is 6.49. The van der Waals surface area contributed by atoms with Gasteiger partial charge < -0.3 is 5.11 Å². The van der Waals surface area contributed by atoms with E-state index in [0.29, 0.717) is 0 Å². The SMILES string of the molecule is [O]/N=C1\C(=O)C=CC=C1O. The second kappa shape index (κ2) is 2.34. The highest BCUT2D eigenvalue weighted by Gasteiger charge is 2.16. The molecular formula is C6H4NO3. The van der Waals surface area contributed by atoms with E-state index in [2.05, 4.69) is 5.16 Å². The predicted octanol–water partition coefficient (Wildman–Crippen LogP) is 0.354. The summed E-state index contributed by atoms with van der Waals surface area (Å²) in [6.45, 7) is 0. The molecule has 4 heteroatoms. The van der Waals surface area contributed by atoms with Crippen molar-refractivity contribution in [2.75, 3.05) is 0 Å². The van der Waals surface area contributed by atoms with E-state index in [0.717, 1.165) is 6.08 Å². The Labute approximate surface area is 56.8 Å². The number of aliphatic hydroxyl groups is 1. The summed E-state index contributed by atoms with van der Waals surface area (Å²) in [5.41, 5.74) is -0.428. The first kappa shape index (κ1) is 6.54. The van der Waals surface area contributed by atoms with Gasteiger partial charge in [-0.1, -0.05) is 6.08 Å². The van der Waals surface area contributed by atoms with E-state index in [1.165, 1.54) is 12.2 Å². The van der Waals surface area contributed by atoms with Crippen molar-refractivity contribution < 1.29 is 15.1 Å². The Kier molecular flexibility index (Phi) is 1.53. The number of hydrogen-bond acceptors (Lipinski definition) is 3. The van der Waals surface area contributed by atoms with Crippen LogP contribution in [0.5, 0.6) is 0 Å². The lowest BCUT2D eigenvalue weighted by Gasteiger charge is -1.99. The monoisotopic (exact) mass is 138 g/mol. The molecule has 1 aliphatic carbocycles. The molecule has 0 heterocycles. The maximum atomic E-state index is 10.6. The van der Waals surface area contributed by atoms with E-state index >= 15 is 0 Å². The Hall–Kier alpha value is -1.58. The van der Waals surface area contributed by atoms with Gasteiger partial charge in [0.2, 0.25) is 5.78 Å². The predicted molar refractivity (Wildman–Crippen MR) is 33.0 cm³/mol. The van der Waals surface area contributed by atoms with Crippen molar-refractivity contribution in [3.8, 4) is 0 Å². The van der Waals surface area contributed by atoms with E-state index in [-0.39, 0.29) is 5.76 Å². The van der Waals surface area contributed by atoms with Crippen LogP contribution in [0.25, 0.3) is 0 Å². The van der Waals surface area contributed by atoms with Crippen molar-refractivity contribution in [3.63, 3.8) is 0 Å². The van der Waals surface area contributed by atoms with Crippen LogP contribution in [0.1, 0.15) is 0 Å². The van der Waals surface area contributed by atoms with Gasteiger partial charge in [-0.05, 0) is 17.3 Å². The van der Waals surface area contributed by atoms with Crippen LogP contribution in [-0.2, 0) is 10.0 Å². The zero-order chi connectivity index (χ0) is 7.56. The van der Waals surface area contributed by atoms with Gasteiger partial charge in [0.1, 0.15) is 5.76 Å². The minimum atomic E-state index is -0.560. The number of rotatable bonds is 0. The van der Waals surface area contributed by atoms with Crippen molar-refractivity contribution in [2.24, 2.45) is 5.16 Å². The van der Waals surface area contributed by atoms with Gasteiger partial charge in [-0.15, -0.1) is 5.21 Å². The van der Waals surface area contributed by atoms with Crippen LogP contribution in [-0.4, -0.2) is 16.6 Å². The Balaban J connectivity index is 3.04. The maximum absolute atomic E-state index is 10.6. The molecule has 0 saturated heterocycles. The topological polar surface area (TPSA) is 69.6 Å². The molecule has 1 aliphatic rings. The van der Waals surface area contributed by atoms with E-state index in [1.54, 1.807) is 0 Å². The third kappa shape index (κ3) is 0.907. The Morgan fingerprint density at radius 3 is 2.60 bits per heavy atom. The second-order valence-electron chi connectivity index (χ2n) is 1.72. The van der Waals surface area contributed by atoms with E-state index in [1.807, 2.05) is 0 Å². The Bertz CT molecular complexity index is 250. The third-order valence-corrected chi connectivity index (χ3v) is 1.07. The highest BCUT2D eigenvalue weighted by atomic mass is 16.4. The summed E-state index contributed by atoms with van der Waals surface area (Å²) < 4.78 is 0. The first-order chi connectivity index (χ1) is 4.75. The Morgan fingerprint density at radius 2 is 2.20 bits per heavy atom. The molecule has 0 atom stereocenters. The van der Waals surface area contributed by atoms with Gasteiger partial charge in [-0.2, -0.15) is 0 Å². The smallest absolute Gasteiger partial charge is 0.211 e. The molecule has 51 valence electrons. The molecule has 0 fully saturated rings. The summed E-state index contributed by atoms with van der Waals surface area (Å²) in [5.74, 6) is -0.933. The molecule has 0 unspecified atom stereocenters. The normalized spacial score (nSPS) is 21.4. The summed E-state index contributed by atoms with van der Waals surface area (Å²) in [5, 5.41) is 21.0. The average Bonchev–Trinajstić information content (AvgIpc) is 1.88. The third-order valence-electron chi connectivity index (χ3n) is 1.07. The maximum Gasteiger partial charge on any atom is 0.211 e. The summed E-state index contributed by atoms with van der Waals surface area (Å²) in [7, 11) is 0. The molecule has 1 radical (unpaired) electrons. The van der Waals surface area contributed by atoms with Gasteiger partial charge in [0, 0.05) is 0 Å². The van der Waals surface area contributed by atoms with E-state index in [9.17, 15) is 10.0 Å². The van der Waals surface area contributed by atoms with Crippen LogP contribution in [0.3, 0.4) is 0 Å². The van der Waals surface area contributed by atoms with E-state index < -0.39 is 11.5 Å². The summed E-state index contributed by atoms with van der Waals surface area (Å²) in [6, 6.07) is 0. The molecule has 0 amide bonds. The summed E-state index contributed by atoms with van der Waals surface area (Å²) in [6.07, 6.45) is 3.75. The number of aliphatic hydroxyl groups excluding tert-OH is 1. The quantitative estimate of drug-likeness (QED) is 0.387. The molecule has 1 rings (SSSR count). The number of ketones is 1. The Morgan fingerprint density at radius 1 is 1.50 bits per heavy atom. The largest absolute Gasteiger partial charge is 0.505 e. The molecule has 0 bridgehead atoms. The molecule has 0 aromatic carbocycles. The fraction of sp³-hybridized carbons (Fsp3) is 0. The second-order valence-corrected chi connectivity index (χ2v) is 1.72. The van der Waals surface area contributed by atoms with Gasteiger partial charge in [0.15, 0.2) is 5.71 Å². The molecule has 0 aromatic rings. The molecule has 0 spiro atoms. The van der Waals surface area contributed by atoms with Gasteiger partial charge in [-0.25, -0.2) is 0 Å². The minimum Gasteiger partial charge on any atom is -0.505 e. The van der Waals surface area contributed by atoms with Crippen LogP contribution in [0.2, 0.25) is 0 Å². The van der Waals surface area contributed by atoms with Gasteiger partial charge in [0.05, 0.1) is 0 Å². The lowest BCUT2D eigenvalue weighted by Crippen LogP contribution is -2.16. The standard InChI is InChI=1S/C6H4NO3/c8-4-2-1-3-5(9)6(4)7-10/h1-3,8H/b7-6-. The lowest BCUT2D eigenvalue weighted by molar-refractivity contribution is -0.109. The number of nitrogens with zero attached hydrogens (tertiary/aromatic N) is 1. The van der Waals surface area contributed by atoms with Gasteiger partial charge >= 0.3 is 0 Å². The molecule has 0 saturated carbocycles. The fourth-order valence-electron chi connectivity index (χ4n) is 0.603. The number of carbonyl (C=O) groups is 1. The van der Waals surface area contributed by atoms with Gasteiger partial charge in [-0.3, -0.25) is 4.79 Å². The van der Waals surface area contributed by atoms with Crippen molar-refractivity contribution in [2.45, 2.75) is 0 Å². The van der Waals surface area contributed by atoms with Gasteiger partial charge in [0.25, 0.3) is 0 Å². The lowest BCUT2D eigenvalue weighted by atomic mass is 10.1. The molecule has 0 aliphatic heterocycles. The van der Waals surface area contributed by atoms with Crippen LogP contribution >= 0.6 is 0 Å². The summed E-state index contributed by atoms with van der Waals surface area (Å²) >= 11 is 0. The minimum absolute atomic E-state index is 0.373. The first-order valence-electron chi connectivity index (χ1n) is 2.58. The van der Waals surface area contributed by atoms with Crippen molar-refractivity contribution >= 4 is 11.5 Å². The van der Waals surface area contributed by atoms with Crippen LogP contribution in [0, 0.1) is 0 Å². The summed E-state index contributed by atoms with van der Waals surface area (Å²) in [4.78, 5) is 10.6. The molecule has 10 heavy (non-hydrogen) atoms. The van der Waals surface area contributed by atoms with Crippen LogP contribution < -0.4 is 0 Å². The average molecular weight is 138 g/mol. The van der Waals surface area contributed by atoms with Crippen molar-refractivity contribution in [1.29, 1.82) is 0 Å². The van der Waals surface area contributed by atoms with Crippen molar-refractivity contribution in [3.05, 3.63) is 24.0 Å². The van der Waals surface area contributed by atoms with Crippen LogP contribution in [0.15, 0.2) is 29.1 Å². The molecule has 1 N–H and O–H groups in total. The zero-order valence-corrected chi connectivity index (χ0v) is 4.94. The number of carbonyl (C=O) groups excluding carboxylic acids is 1. The zero-order valence-electron chi connectivity index (χ0n) is 4.94. The molecule has 4 nitrogen and oxygen atoms in total. The number of allylic oxidation sites excluding steroid dienone is 4. The number of hydrogen-bond donors (Lipinski definition) is 1. The van der Waals surface area contributed by atoms with E-state index in [4.69, 9.17) is 5.11 Å². The highest BCUT2D eigenvalue weighted by Crippen LogP contribution is 2.02. The molecular weight excluding hydrogens is 134 g/mol. The fourth-order valence-corrected chi connectivity index (χ4v) is 0.603. The molecule has 0 aromatic heterocycles. The van der Waals surface area contributed by atoms with Crippen LogP contribution in [0.4, 0.5) is 0 Å². The first-order valence-corrected chi connectivity index (χ1v) is 2.58. The van der Waals surface area contributed by atoms with Crippen molar-refractivity contribution in [1.82, 2.24) is 0 Å².